The third kappa shape index (κ3) is 3.43. The molecule has 0 radical (unpaired) electrons. The molecule has 0 bridgehead atoms. The van der Waals surface area contributed by atoms with Gasteiger partial charge < -0.3 is 0 Å². The molecular formula is C22H24N2. The maximum atomic E-state index is 2.34. The molecule has 0 aromatic heterocycles. The van der Waals surface area contributed by atoms with Gasteiger partial charge in [0.05, 0.1) is 22.6 Å². The summed E-state index contributed by atoms with van der Waals surface area (Å²) >= 11 is 0. The van der Waals surface area contributed by atoms with Crippen molar-refractivity contribution >= 4 is 17.1 Å². The molecule has 3 aromatic rings. The lowest BCUT2D eigenvalue weighted by Gasteiger charge is -2.46. The summed E-state index contributed by atoms with van der Waals surface area (Å²) in [6.45, 7) is 6.70. The number of para-hydroxylation sites is 3. The van der Waals surface area contributed by atoms with Crippen molar-refractivity contribution in [3.8, 4) is 0 Å². The molecule has 2 heteroatoms. The molecule has 0 N–H and O–H groups in total. The van der Waals surface area contributed by atoms with Crippen LogP contribution in [-0.2, 0) is 0 Å². The molecule has 0 saturated carbocycles. The highest BCUT2D eigenvalue weighted by Crippen LogP contribution is 2.35. The zero-order valence-electron chi connectivity index (χ0n) is 14.6. The Hall–Kier alpha value is -2.74. The molecule has 0 fully saturated rings. The largest absolute Gasteiger partial charge is 0.276 e. The van der Waals surface area contributed by atoms with E-state index in [4.69, 9.17) is 0 Å². The number of anilines is 3. The average molecular weight is 316 g/mol. The second-order valence-corrected chi connectivity index (χ2v) is 6.80. The topological polar surface area (TPSA) is 6.48 Å². The highest BCUT2D eigenvalue weighted by atomic mass is 15.7. The third-order valence-corrected chi connectivity index (χ3v) is 3.84. The Morgan fingerprint density at radius 3 is 1.17 bits per heavy atom. The van der Waals surface area contributed by atoms with Gasteiger partial charge in [0.2, 0.25) is 0 Å². The minimum atomic E-state index is -0.0902. The maximum Gasteiger partial charge on any atom is 0.0633 e. The van der Waals surface area contributed by atoms with Crippen LogP contribution in [0, 0.1) is 0 Å². The first kappa shape index (κ1) is 16.1. The molecule has 0 aliphatic heterocycles. The van der Waals surface area contributed by atoms with Crippen LogP contribution in [0.25, 0.3) is 0 Å². The van der Waals surface area contributed by atoms with Gasteiger partial charge >= 0.3 is 0 Å². The minimum Gasteiger partial charge on any atom is -0.276 e. The molecule has 3 aromatic carbocycles. The number of hydrogen-bond donors (Lipinski definition) is 0. The van der Waals surface area contributed by atoms with Crippen molar-refractivity contribution in [1.82, 2.24) is 0 Å². The van der Waals surface area contributed by atoms with Gasteiger partial charge in [-0.1, -0.05) is 54.6 Å². The van der Waals surface area contributed by atoms with Crippen molar-refractivity contribution in [1.29, 1.82) is 0 Å². The summed E-state index contributed by atoms with van der Waals surface area (Å²) in [5, 5.41) is 4.63. The Labute approximate surface area is 144 Å². The number of benzene rings is 3. The van der Waals surface area contributed by atoms with Gasteiger partial charge in [-0.25, -0.2) is 0 Å². The first-order valence-electron chi connectivity index (χ1n) is 8.33. The summed E-state index contributed by atoms with van der Waals surface area (Å²) in [5.41, 5.74) is 3.36. The highest BCUT2D eigenvalue weighted by Gasteiger charge is 2.29. The Balaban J connectivity index is 2.19. The van der Waals surface area contributed by atoms with Crippen molar-refractivity contribution in [3.05, 3.63) is 91.0 Å². The lowest BCUT2D eigenvalue weighted by Crippen LogP contribution is -2.51. The second kappa shape index (κ2) is 6.79. The lowest BCUT2D eigenvalue weighted by molar-refractivity contribution is 0.507. The van der Waals surface area contributed by atoms with E-state index < -0.39 is 0 Å². The molecule has 0 amide bonds. The summed E-state index contributed by atoms with van der Waals surface area (Å²) in [5.74, 6) is 0. The van der Waals surface area contributed by atoms with Crippen LogP contribution in [0.1, 0.15) is 20.8 Å². The fourth-order valence-corrected chi connectivity index (χ4v) is 2.89. The molecule has 24 heavy (non-hydrogen) atoms. The molecule has 0 aliphatic carbocycles. The SMILES string of the molecule is CC(C)(C)N(c1ccccc1)N(c1ccccc1)c1ccccc1. The van der Waals surface area contributed by atoms with Crippen molar-refractivity contribution in [2.45, 2.75) is 26.3 Å². The molecule has 0 unspecified atom stereocenters. The first-order valence-corrected chi connectivity index (χ1v) is 8.33. The van der Waals surface area contributed by atoms with Gasteiger partial charge in [-0.3, -0.25) is 10.0 Å². The standard InChI is InChI=1S/C22H24N2/c1-22(2,3)24(21-17-11-6-12-18-21)23(19-13-7-4-8-14-19)20-15-9-5-10-16-20/h4-18H,1-3H3. The molecule has 0 spiro atoms. The summed E-state index contributed by atoms with van der Waals surface area (Å²) in [6, 6.07) is 31.6. The normalized spacial score (nSPS) is 11.1. The van der Waals surface area contributed by atoms with Crippen LogP contribution in [0.4, 0.5) is 17.1 Å². The van der Waals surface area contributed by atoms with Crippen LogP contribution >= 0.6 is 0 Å². The minimum absolute atomic E-state index is 0.0902. The van der Waals surface area contributed by atoms with Gasteiger partial charge in [-0.05, 0) is 57.2 Å². The fraction of sp³-hybridized carbons (Fsp3) is 0.182. The predicted octanol–water partition coefficient (Wildman–Crippen LogP) is 6.04. The van der Waals surface area contributed by atoms with Crippen molar-refractivity contribution < 1.29 is 0 Å². The highest BCUT2D eigenvalue weighted by molar-refractivity contribution is 5.70. The summed E-state index contributed by atoms with van der Waals surface area (Å²) in [6.07, 6.45) is 0. The van der Waals surface area contributed by atoms with Crippen molar-refractivity contribution in [2.24, 2.45) is 0 Å². The Kier molecular flexibility index (Phi) is 4.57. The van der Waals surface area contributed by atoms with Crippen molar-refractivity contribution in [3.63, 3.8) is 0 Å². The molecular weight excluding hydrogens is 292 g/mol. The van der Waals surface area contributed by atoms with Crippen LogP contribution in [0.15, 0.2) is 91.0 Å². The molecule has 0 saturated heterocycles. The predicted molar refractivity (Wildman–Crippen MR) is 104 cm³/mol. The smallest absolute Gasteiger partial charge is 0.0633 e. The van der Waals surface area contributed by atoms with Crippen LogP contribution in [-0.4, -0.2) is 5.54 Å². The molecule has 0 heterocycles. The lowest BCUT2D eigenvalue weighted by atomic mass is 10.1. The van der Waals surface area contributed by atoms with Gasteiger partial charge in [0.25, 0.3) is 0 Å². The average Bonchev–Trinajstić information content (AvgIpc) is 2.61. The quantitative estimate of drug-likeness (QED) is 0.541. The molecule has 0 atom stereocenters. The van der Waals surface area contributed by atoms with E-state index >= 15 is 0 Å². The van der Waals surface area contributed by atoms with Gasteiger partial charge in [-0.15, -0.1) is 0 Å². The van der Waals surface area contributed by atoms with E-state index in [1.165, 1.54) is 0 Å². The molecule has 122 valence electrons. The Bertz CT molecular complexity index is 707. The van der Waals surface area contributed by atoms with E-state index in [0.29, 0.717) is 0 Å². The second-order valence-electron chi connectivity index (χ2n) is 6.80. The maximum absolute atomic E-state index is 2.34. The Morgan fingerprint density at radius 2 is 0.833 bits per heavy atom. The zero-order chi connectivity index (χ0) is 17.0. The number of hydrogen-bond acceptors (Lipinski definition) is 2. The fourth-order valence-electron chi connectivity index (χ4n) is 2.89. The van der Waals surface area contributed by atoms with E-state index in [2.05, 4.69) is 122 Å². The van der Waals surface area contributed by atoms with Crippen LogP contribution in [0.3, 0.4) is 0 Å². The summed E-state index contributed by atoms with van der Waals surface area (Å²) in [4.78, 5) is 0. The van der Waals surface area contributed by atoms with Gasteiger partial charge in [0.1, 0.15) is 0 Å². The monoisotopic (exact) mass is 316 g/mol. The van der Waals surface area contributed by atoms with Gasteiger partial charge in [0.15, 0.2) is 0 Å². The number of nitrogens with zero attached hydrogens (tertiary/aromatic N) is 2. The van der Waals surface area contributed by atoms with E-state index in [1.807, 2.05) is 0 Å². The summed E-state index contributed by atoms with van der Waals surface area (Å²) < 4.78 is 0. The number of rotatable bonds is 4. The zero-order valence-corrected chi connectivity index (χ0v) is 14.6. The van der Waals surface area contributed by atoms with Crippen LogP contribution in [0.5, 0.6) is 0 Å². The molecule has 2 nitrogen and oxygen atoms in total. The van der Waals surface area contributed by atoms with Gasteiger partial charge in [0, 0.05) is 0 Å². The third-order valence-electron chi connectivity index (χ3n) is 3.84. The molecule has 3 rings (SSSR count). The summed E-state index contributed by atoms with van der Waals surface area (Å²) in [7, 11) is 0. The van der Waals surface area contributed by atoms with Crippen molar-refractivity contribution in [2.75, 3.05) is 10.0 Å². The molecule has 0 aliphatic rings. The van der Waals surface area contributed by atoms with Gasteiger partial charge in [-0.2, -0.15) is 0 Å². The van der Waals surface area contributed by atoms with Crippen LogP contribution < -0.4 is 10.0 Å². The Morgan fingerprint density at radius 1 is 0.500 bits per heavy atom. The van der Waals surface area contributed by atoms with Crippen LogP contribution in [0.2, 0.25) is 0 Å². The van der Waals surface area contributed by atoms with E-state index in [1.54, 1.807) is 0 Å². The van der Waals surface area contributed by atoms with E-state index in [0.717, 1.165) is 17.1 Å². The van der Waals surface area contributed by atoms with E-state index in [9.17, 15) is 0 Å². The first-order chi connectivity index (χ1) is 11.6. The van der Waals surface area contributed by atoms with E-state index in [-0.39, 0.29) is 5.54 Å². The number of hydrazine groups is 1.